The molecule has 0 N–H and O–H groups in total. The summed E-state index contributed by atoms with van der Waals surface area (Å²) < 4.78 is 5.64. The van der Waals surface area contributed by atoms with E-state index in [2.05, 4.69) is 27.4 Å². The number of hydrogen-bond acceptors (Lipinski definition) is 1. The summed E-state index contributed by atoms with van der Waals surface area (Å²) in [6.45, 7) is 10.1. The quantitative estimate of drug-likeness (QED) is 0.554. The van der Waals surface area contributed by atoms with Crippen molar-refractivity contribution < 1.29 is 4.43 Å². The second kappa shape index (κ2) is 4.69. The third-order valence-corrected chi connectivity index (χ3v) is 2.63. The molecule has 0 aliphatic carbocycles. The molecule has 2 heteroatoms. The monoisotopic (exact) mass is 158 g/mol. The lowest BCUT2D eigenvalue weighted by Crippen LogP contribution is -2.25. The largest absolute Gasteiger partial charge is 0.414 e. The van der Waals surface area contributed by atoms with Gasteiger partial charge in [-0.1, -0.05) is 19.0 Å². The molecule has 0 aromatic heterocycles. The molecule has 0 spiro atoms. The van der Waals surface area contributed by atoms with Gasteiger partial charge in [-0.2, -0.15) is 0 Å². The Morgan fingerprint density at radius 3 is 2.60 bits per heavy atom. The van der Waals surface area contributed by atoms with Gasteiger partial charge in [0.25, 0.3) is 0 Å². The van der Waals surface area contributed by atoms with E-state index in [9.17, 15) is 0 Å². The minimum atomic E-state index is -0.439. The zero-order valence-electron chi connectivity index (χ0n) is 7.31. The summed E-state index contributed by atoms with van der Waals surface area (Å²) in [5.41, 5.74) is 2.02. The van der Waals surface area contributed by atoms with Crippen LogP contribution in [0, 0.1) is 0 Å². The molecule has 0 atom stereocenters. The lowest BCUT2D eigenvalue weighted by atomic mass is 10.0. The molecule has 0 aromatic carbocycles. The van der Waals surface area contributed by atoms with Crippen molar-refractivity contribution in [2.45, 2.75) is 39.2 Å². The van der Waals surface area contributed by atoms with E-state index in [1.165, 1.54) is 6.42 Å². The third-order valence-electron chi connectivity index (χ3n) is 1.44. The minimum absolute atomic E-state index is 0.0924. The maximum atomic E-state index is 5.64. The lowest BCUT2D eigenvalue weighted by molar-refractivity contribution is 0.107. The summed E-state index contributed by atoms with van der Waals surface area (Å²) in [4.78, 5) is 0. The average molecular weight is 158 g/mol. The van der Waals surface area contributed by atoms with Crippen molar-refractivity contribution in [3.05, 3.63) is 12.3 Å². The molecule has 0 saturated heterocycles. The summed E-state index contributed by atoms with van der Waals surface area (Å²) >= 11 is 0. The molecule has 0 radical (unpaired) electrons. The Bertz CT molecular complexity index is 99.4. The van der Waals surface area contributed by atoms with Crippen molar-refractivity contribution in [3.8, 4) is 0 Å². The summed E-state index contributed by atoms with van der Waals surface area (Å²) in [5.74, 6) is 0. The van der Waals surface area contributed by atoms with Gasteiger partial charge in [0, 0.05) is 0 Å². The Morgan fingerprint density at radius 1 is 1.60 bits per heavy atom. The highest BCUT2D eigenvalue weighted by Crippen LogP contribution is 2.14. The molecule has 0 unspecified atom stereocenters. The normalized spacial score (nSPS) is 12.7. The van der Waals surface area contributed by atoms with Crippen LogP contribution >= 0.6 is 0 Å². The standard InChI is InChI=1S/C8H18OSi/c1-5-7-8(3,4)9-10-6-2/h6H,2,5,7,10H2,1,3-4H3. The zero-order chi connectivity index (χ0) is 8.04. The SMILES string of the molecule is C=C[SiH2]OC(C)(C)CCC. The molecule has 0 saturated carbocycles. The highest BCUT2D eigenvalue weighted by Gasteiger charge is 2.14. The molecule has 0 bridgehead atoms. The molecule has 0 aliphatic rings. The van der Waals surface area contributed by atoms with Crippen LogP contribution in [0.3, 0.4) is 0 Å². The Hall–Kier alpha value is -0.0831. The van der Waals surface area contributed by atoms with Gasteiger partial charge in [-0.25, -0.2) is 0 Å². The van der Waals surface area contributed by atoms with Crippen LogP contribution in [-0.2, 0) is 4.43 Å². The first-order chi connectivity index (χ1) is 4.62. The van der Waals surface area contributed by atoms with Crippen LogP contribution in [0.2, 0.25) is 0 Å². The summed E-state index contributed by atoms with van der Waals surface area (Å²) in [6.07, 6.45) is 2.34. The van der Waals surface area contributed by atoms with Gasteiger partial charge in [-0.05, 0) is 20.3 Å². The van der Waals surface area contributed by atoms with E-state index in [0.717, 1.165) is 6.42 Å². The highest BCUT2D eigenvalue weighted by molar-refractivity contribution is 6.34. The van der Waals surface area contributed by atoms with Crippen molar-refractivity contribution in [3.63, 3.8) is 0 Å². The minimum Gasteiger partial charge on any atom is -0.414 e. The molecule has 0 heterocycles. The molecule has 0 aliphatic heterocycles. The molecule has 10 heavy (non-hydrogen) atoms. The van der Waals surface area contributed by atoms with Crippen LogP contribution < -0.4 is 0 Å². The van der Waals surface area contributed by atoms with Gasteiger partial charge in [-0.15, -0.1) is 6.58 Å². The fourth-order valence-electron chi connectivity index (χ4n) is 0.959. The van der Waals surface area contributed by atoms with Gasteiger partial charge in [0.2, 0.25) is 0 Å². The van der Waals surface area contributed by atoms with Crippen LogP contribution in [0.15, 0.2) is 12.3 Å². The van der Waals surface area contributed by atoms with Crippen molar-refractivity contribution in [1.82, 2.24) is 0 Å². The van der Waals surface area contributed by atoms with Crippen LogP contribution in [0.5, 0.6) is 0 Å². The maximum Gasteiger partial charge on any atom is 0.185 e. The Kier molecular flexibility index (Phi) is 4.65. The Balaban J connectivity index is 3.51. The highest BCUT2D eigenvalue weighted by atomic mass is 28.2. The van der Waals surface area contributed by atoms with E-state index in [4.69, 9.17) is 4.43 Å². The molecular formula is C8H18OSi. The van der Waals surface area contributed by atoms with E-state index in [1.807, 2.05) is 5.70 Å². The van der Waals surface area contributed by atoms with Gasteiger partial charge in [0.1, 0.15) is 0 Å². The predicted octanol–water partition coefficient (Wildman–Crippen LogP) is 1.81. The van der Waals surface area contributed by atoms with Gasteiger partial charge >= 0.3 is 0 Å². The van der Waals surface area contributed by atoms with Gasteiger partial charge in [-0.3, -0.25) is 0 Å². The predicted molar refractivity (Wildman–Crippen MR) is 48.8 cm³/mol. The molecule has 0 amide bonds. The summed E-state index contributed by atoms with van der Waals surface area (Å²) in [6, 6.07) is 0. The van der Waals surface area contributed by atoms with Crippen molar-refractivity contribution in [2.75, 3.05) is 0 Å². The zero-order valence-corrected chi connectivity index (χ0v) is 8.73. The van der Waals surface area contributed by atoms with Crippen molar-refractivity contribution in [1.29, 1.82) is 0 Å². The molecule has 0 fully saturated rings. The molecule has 1 nitrogen and oxygen atoms in total. The molecule has 0 rings (SSSR count). The third kappa shape index (κ3) is 4.76. The van der Waals surface area contributed by atoms with E-state index < -0.39 is 9.76 Å². The van der Waals surface area contributed by atoms with Gasteiger partial charge in [0.05, 0.1) is 5.60 Å². The molecular weight excluding hydrogens is 140 g/mol. The first-order valence-electron chi connectivity index (χ1n) is 3.87. The van der Waals surface area contributed by atoms with Gasteiger partial charge in [0.15, 0.2) is 9.76 Å². The maximum absolute atomic E-state index is 5.64. The van der Waals surface area contributed by atoms with Crippen molar-refractivity contribution in [2.24, 2.45) is 0 Å². The van der Waals surface area contributed by atoms with Crippen LogP contribution in [0.4, 0.5) is 0 Å². The van der Waals surface area contributed by atoms with E-state index >= 15 is 0 Å². The second-order valence-corrected chi connectivity index (χ2v) is 4.31. The fourth-order valence-corrected chi connectivity index (χ4v) is 1.67. The molecule has 0 aromatic rings. The fraction of sp³-hybridized carbons (Fsp3) is 0.750. The first-order valence-corrected chi connectivity index (χ1v) is 5.26. The topological polar surface area (TPSA) is 9.23 Å². The van der Waals surface area contributed by atoms with Crippen LogP contribution in [-0.4, -0.2) is 15.4 Å². The summed E-state index contributed by atoms with van der Waals surface area (Å²) in [7, 11) is -0.439. The Morgan fingerprint density at radius 2 is 2.20 bits per heavy atom. The van der Waals surface area contributed by atoms with E-state index in [1.54, 1.807) is 0 Å². The number of rotatable bonds is 5. The second-order valence-electron chi connectivity index (χ2n) is 3.11. The smallest absolute Gasteiger partial charge is 0.185 e. The number of hydrogen-bond donors (Lipinski definition) is 0. The van der Waals surface area contributed by atoms with Gasteiger partial charge < -0.3 is 4.43 Å². The molecule has 60 valence electrons. The van der Waals surface area contributed by atoms with E-state index in [-0.39, 0.29) is 5.60 Å². The lowest BCUT2D eigenvalue weighted by Gasteiger charge is -2.24. The van der Waals surface area contributed by atoms with E-state index in [0.29, 0.717) is 0 Å². The van der Waals surface area contributed by atoms with Crippen LogP contribution in [0.1, 0.15) is 33.6 Å². The first kappa shape index (κ1) is 9.92. The van der Waals surface area contributed by atoms with Crippen LogP contribution in [0.25, 0.3) is 0 Å². The Labute approximate surface area is 66.4 Å². The summed E-state index contributed by atoms with van der Waals surface area (Å²) in [5, 5.41) is 0. The average Bonchev–Trinajstić information content (AvgIpc) is 1.84. The van der Waals surface area contributed by atoms with Crippen molar-refractivity contribution >= 4 is 9.76 Å².